The van der Waals surface area contributed by atoms with Gasteiger partial charge in [0.2, 0.25) is 5.91 Å². The number of carbonyl (C=O) groups excluding carboxylic acids is 1. The summed E-state index contributed by atoms with van der Waals surface area (Å²) in [4.78, 5) is 13.8. The van der Waals surface area contributed by atoms with Crippen molar-refractivity contribution in [3.05, 3.63) is 0 Å². The van der Waals surface area contributed by atoms with E-state index < -0.39 is 5.41 Å². The molecule has 1 amide bonds. The van der Waals surface area contributed by atoms with E-state index in [2.05, 4.69) is 18.3 Å². The second-order valence-electron chi connectivity index (χ2n) is 4.77. The highest BCUT2D eigenvalue weighted by atomic mass is 16.2. The van der Waals surface area contributed by atoms with Crippen molar-refractivity contribution < 1.29 is 4.79 Å². The smallest absolute Gasteiger partial charge is 0.240 e. The molecule has 0 aromatic carbocycles. The number of amides is 1. The van der Waals surface area contributed by atoms with Crippen LogP contribution in [0.3, 0.4) is 0 Å². The van der Waals surface area contributed by atoms with Gasteiger partial charge in [-0.1, -0.05) is 6.92 Å². The molecule has 0 aliphatic heterocycles. The minimum Gasteiger partial charge on any atom is -0.353 e. The molecule has 1 N–H and O–H groups in total. The number of nitrogens with one attached hydrogen (secondary N) is 1. The first-order valence-corrected chi connectivity index (χ1v) is 5.34. The summed E-state index contributed by atoms with van der Waals surface area (Å²) in [6, 6.07) is 2.16. The molecule has 1 aliphatic carbocycles. The van der Waals surface area contributed by atoms with Crippen molar-refractivity contribution in [1.29, 1.82) is 5.26 Å². The molecule has 0 spiro atoms. The SMILES string of the molecule is CC1CC(C#N)(C(=O)NCCN(C)C)C1. The average molecular weight is 209 g/mol. The highest BCUT2D eigenvalue weighted by Crippen LogP contribution is 2.44. The summed E-state index contributed by atoms with van der Waals surface area (Å²) in [6.45, 7) is 3.50. The van der Waals surface area contributed by atoms with Crippen LogP contribution in [0.15, 0.2) is 0 Å². The number of nitrogens with zero attached hydrogens (tertiary/aromatic N) is 2. The Balaban J connectivity index is 2.37. The molecule has 15 heavy (non-hydrogen) atoms. The Hall–Kier alpha value is -1.08. The van der Waals surface area contributed by atoms with Gasteiger partial charge >= 0.3 is 0 Å². The largest absolute Gasteiger partial charge is 0.353 e. The molecule has 0 bridgehead atoms. The zero-order valence-electron chi connectivity index (χ0n) is 9.71. The van der Waals surface area contributed by atoms with Crippen LogP contribution in [0, 0.1) is 22.7 Å². The number of rotatable bonds is 4. The minimum absolute atomic E-state index is 0.0926. The Bertz CT molecular complexity index is 274. The van der Waals surface area contributed by atoms with Gasteiger partial charge in [-0.25, -0.2) is 0 Å². The number of hydrogen-bond donors (Lipinski definition) is 1. The molecule has 0 atom stereocenters. The van der Waals surface area contributed by atoms with Crippen LogP contribution in [0.1, 0.15) is 19.8 Å². The molecular formula is C11H19N3O. The van der Waals surface area contributed by atoms with Crippen molar-refractivity contribution in [2.45, 2.75) is 19.8 Å². The molecule has 84 valence electrons. The fourth-order valence-corrected chi connectivity index (χ4v) is 2.02. The summed E-state index contributed by atoms with van der Waals surface area (Å²) < 4.78 is 0. The molecule has 1 aliphatic rings. The fourth-order valence-electron chi connectivity index (χ4n) is 2.02. The van der Waals surface area contributed by atoms with Crippen molar-refractivity contribution in [1.82, 2.24) is 10.2 Å². The summed E-state index contributed by atoms with van der Waals surface area (Å²) >= 11 is 0. The lowest BCUT2D eigenvalue weighted by atomic mass is 9.63. The molecule has 1 fully saturated rings. The van der Waals surface area contributed by atoms with Gasteiger partial charge in [-0.3, -0.25) is 4.79 Å². The zero-order chi connectivity index (χ0) is 11.5. The third-order valence-electron chi connectivity index (χ3n) is 2.89. The van der Waals surface area contributed by atoms with Crippen molar-refractivity contribution in [2.75, 3.05) is 27.2 Å². The van der Waals surface area contributed by atoms with Crippen molar-refractivity contribution in [3.63, 3.8) is 0 Å². The molecule has 4 nitrogen and oxygen atoms in total. The minimum atomic E-state index is -0.730. The lowest BCUT2D eigenvalue weighted by Gasteiger charge is -2.39. The van der Waals surface area contributed by atoms with Crippen LogP contribution in [-0.4, -0.2) is 38.0 Å². The normalized spacial score (nSPS) is 29.4. The predicted molar refractivity (Wildman–Crippen MR) is 58.0 cm³/mol. The number of nitriles is 1. The van der Waals surface area contributed by atoms with Crippen molar-refractivity contribution >= 4 is 5.91 Å². The third kappa shape index (κ3) is 2.69. The first-order chi connectivity index (χ1) is 7.00. The van der Waals surface area contributed by atoms with Crippen LogP contribution < -0.4 is 5.32 Å². The molecule has 0 heterocycles. The maximum atomic E-state index is 11.8. The van der Waals surface area contributed by atoms with Crippen molar-refractivity contribution in [2.24, 2.45) is 11.3 Å². The second-order valence-corrected chi connectivity index (χ2v) is 4.77. The highest BCUT2D eigenvalue weighted by Gasteiger charge is 2.48. The summed E-state index contributed by atoms with van der Waals surface area (Å²) in [6.07, 6.45) is 1.41. The van der Waals surface area contributed by atoms with E-state index in [1.54, 1.807) is 0 Å². The average Bonchev–Trinajstić information content (AvgIpc) is 2.11. The van der Waals surface area contributed by atoms with E-state index in [0.29, 0.717) is 25.3 Å². The molecule has 1 saturated carbocycles. The molecule has 0 aromatic heterocycles. The van der Waals surface area contributed by atoms with Gasteiger partial charge in [-0.15, -0.1) is 0 Å². The first-order valence-electron chi connectivity index (χ1n) is 5.34. The van der Waals surface area contributed by atoms with Gasteiger partial charge in [-0.2, -0.15) is 5.26 Å². The molecule has 0 unspecified atom stereocenters. The number of carbonyl (C=O) groups is 1. The van der Waals surface area contributed by atoms with Crippen LogP contribution in [0.5, 0.6) is 0 Å². The van der Waals surface area contributed by atoms with E-state index >= 15 is 0 Å². The van der Waals surface area contributed by atoms with E-state index in [9.17, 15) is 4.79 Å². The van der Waals surface area contributed by atoms with Crippen molar-refractivity contribution in [3.8, 4) is 6.07 Å². The van der Waals surface area contributed by atoms with Gasteiger partial charge in [-0.05, 0) is 32.9 Å². The Kier molecular flexibility index (Phi) is 3.70. The van der Waals surface area contributed by atoms with E-state index in [1.807, 2.05) is 19.0 Å². The van der Waals surface area contributed by atoms with Crippen LogP contribution in [0.2, 0.25) is 0 Å². The predicted octanol–water partition coefficient (Wildman–Crippen LogP) is 0.604. The number of likely N-dealkylation sites (N-methyl/N-ethyl adjacent to an activating group) is 1. The first kappa shape index (κ1) is 12.0. The van der Waals surface area contributed by atoms with E-state index in [-0.39, 0.29) is 5.91 Å². The van der Waals surface area contributed by atoms with Gasteiger partial charge in [0, 0.05) is 13.1 Å². The molecule has 0 radical (unpaired) electrons. The molecule has 1 rings (SSSR count). The van der Waals surface area contributed by atoms with Crippen LogP contribution in [0.25, 0.3) is 0 Å². The zero-order valence-corrected chi connectivity index (χ0v) is 9.71. The van der Waals surface area contributed by atoms with E-state index in [0.717, 1.165) is 6.54 Å². The maximum Gasteiger partial charge on any atom is 0.240 e. The van der Waals surface area contributed by atoms with Crippen LogP contribution in [-0.2, 0) is 4.79 Å². The van der Waals surface area contributed by atoms with Gasteiger partial charge in [0.15, 0.2) is 0 Å². The maximum absolute atomic E-state index is 11.8. The fraction of sp³-hybridized carbons (Fsp3) is 0.818. The van der Waals surface area contributed by atoms with Gasteiger partial charge in [0.25, 0.3) is 0 Å². The summed E-state index contributed by atoms with van der Waals surface area (Å²) in [5.74, 6) is 0.411. The lowest BCUT2D eigenvalue weighted by Crippen LogP contribution is -2.49. The standard InChI is InChI=1S/C11H19N3O/c1-9-6-11(7-9,8-12)10(15)13-4-5-14(2)3/h9H,4-7H2,1-3H3,(H,13,15). The molecule has 0 saturated heterocycles. The topological polar surface area (TPSA) is 56.1 Å². The van der Waals surface area contributed by atoms with Gasteiger partial charge in [0.1, 0.15) is 5.41 Å². The van der Waals surface area contributed by atoms with Crippen LogP contribution in [0.4, 0.5) is 0 Å². The van der Waals surface area contributed by atoms with E-state index in [4.69, 9.17) is 5.26 Å². The second kappa shape index (κ2) is 4.63. The highest BCUT2D eigenvalue weighted by molar-refractivity contribution is 5.86. The van der Waals surface area contributed by atoms with Gasteiger partial charge < -0.3 is 10.2 Å². The molecular weight excluding hydrogens is 190 g/mol. The Labute approximate surface area is 91.2 Å². The number of hydrogen-bond acceptors (Lipinski definition) is 3. The lowest BCUT2D eigenvalue weighted by molar-refractivity contribution is -0.133. The summed E-state index contributed by atoms with van der Waals surface area (Å²) in [5.41, 5.74) is -0.730. The van der Waals surface area contributed by atoms with Gasteiger partial charge in [0.05, 0.1) is 6.07 Å². The molecule has 4 heteroatoms. The summed E-state index contributed by atoms with van der Waals surface area (Å²) in [5, 5.41) is 11.8. The quantitative estimate of drug-likeness (QED) is 0.738. The summed E-state index contributed by atoms with van der Waals surface area (Å²) in [7, 11) is 3.91. The Morgan fingerprint density at radius 3 is 2.60 bits per heavy atom. The van der Waals surface area contributed by atoms with Crippen LogP contribution >= 0.6 is 0 Å². The third-order valence-corrected chi connectivity index (χ3v) is 2.89. The molecule has 0 aromatic rings. The van der Waals surface area contributed by atoms with E-state index in [1.165, 1.54) is 0 Å². The monoisotopic (exact) mass is 209 g/mol. The Morgan fingerprint density at radius 1 is 1.60 bits per heavy atom. The Morgan fingerprint density at radius 2 is 2.20 bits per heavy atom.